The van der Waals surface area contributed by atoms with Crippen molar-refractivity contribution in [2.24, 2.45) is 0 Å². The summed E-state index contributed by atoms with van der Waals surface area (Å²) >= 11 is 5.83. The van der Waals surface area contributed by atoms with Crippen molar-refractivity contribution in [1.82, 2.24) is 14.5 Å². The first-order valence-electron chi connectivity index (χ1n) is 10.2. The van der Waals surface area contributed by atoms with Crippen molar-refractivity contribution in [2.45, 2.75) is 39.5 Å². The molecule has 7 heteroatoms. The van der Waals surface area contributed by atoms with Gasteiger partial charge in [-0.25, -0.2) is 0 Å². The summed E-state index contributed by atoms with van der Waals surface area (Å²) in [6, 6.07) is 15.0. The van der Waals surface area contributed by atoms with Crippen LogP contribution in [-0.2, 0) is 6.61 Å². The monoisotopic (exact) mass is 441 g/mol. The summed E-state index contributed by atoms with van der Waals surface area (Å²) in [6.45, 7) is 7.32. The molecule has 0 N–H and O–H groups in total. The maximum absolute atomic E-state index is 12.5. The SMILES string of the molecule is CC(C)N(C)[C@H](C)COc1ccc(-n2ccc(OCc3ccc(Cl)cn3)cc2=O)cc1. The van der Waals surface area contributed by atoms with E-state index in [1.807, 2.05) is 24.3 Å². The minimum atomic E-state index is -0.178. The lowest BCUT2D eigenvalue weighted by Gasteiger charge is -2.28. The third-order valence-electron chi connectivity index (χ3n) is 5.18. The van der Waals surface area contributed by atoms with E-state index in [4.69, 9.17) is 21.1 Å². The van der Waals surface area contributed by atoms with Gasteiger partial charge in [-0.1, -0.05) is 11.6 Å². The fourth-order valence-electron chi connectivity index (χ4n) is 2.96. The standard InChI is InChI=1S/C24H28ClN3O3/c1-17(2)27(4)18(3)15-30-22-9-7-21(8-10-22)28-12-11-23(13-24(28)29)31-16-20-6-5-19(25)14-26-20/h5-14,17-18H,15-16H2,1-4H3/t18-/m1/s1. The summed E-state index contributed by atoms with van der Waals surface area (Å²) < 4.78 is 13.1. The summed E-state index contributed by atoms with van der Waals surface area (Å²) in [4.78, 5) is 19.0. The van der Waals surface area contributed by atoms with Gasteiger partial charge in [0.2, 0.25) is 0 Å². The molecule has 0 aliphatic carbocycles. The van der Waals surface area contributed by atoms with Crippen LogP contribution < -0.4 is 15.0 Å². The van der Waals surface area contributed by atoms with Crippen LogP contribution in [0.1, 0.15) is 26.5 Å². The van der Waals surface area contributed by atoms with Crippen LogP contribution in [0.5, 0.6) is 11.5 Å². The molecule has 0 saturated carbocycles. The normalized spacial score (nSPS) is 12.2. The fraction of sp³-hybridized carbons (Fsp3) is 0.333. The van der Waals surface area contributed by atoms with Crippen LogP contribution >= 0.6 is 11.6 Å². The number of ether oxygens (including phenoxy) is 2. The van der Waals surface area contributed by atoms with Crippen molar-refractivity contribution in [3.05, 3.63) is 82.0 Å². The van der Waals surface area contributed by atoms with Crippen LogP contribution in [0.15, 0.2) is 65.7 Å². The second-order valence-corrected chi connectivity index (χ2v) is 8.18. The zero-order valence-corrected chi connectivity index (χ0v) is 19.0. The molecule has 0 radical (unpaired) electrons. The molecule has 2 aromatic heterocycles. The Bertz CT molecular complexity index is 1030. The van der Waals surface area contributed by atoms with Gasteiger partial charge in [0.15, 0.2) is 0 Å². The zero-order valence-electron chi connectivity index (χ0n) is 18.3. The van der Waals surface area contributed by atoms with Crippen molar-refractivity contribution in [3.8, 4) is 17.2 Å². The molecule has 1 aromatic carbocycles. The average Bonchev–Trinajstić information content (AvgIpc) is 2.77. The van der Waals surface area contributed by atoms with Gasteiger partial charge in [-0.05, 0) is 70.3 Å². The van der Waals surface area contributed by atoms with E-state index in [1.165, 1.54) is 6.07 Å². The number of nitrogens with zero attached hydrogens (tertiary/aromatic N) is 3. The minimum Gasteiger partial charge on any atom is -0.492 e. The summed E-state index contributed by atoms with van der Waals surface area (Å²) in [7, 11) is 2.09. The van der Waals surface area contributed by atoms with Crippen LogP contribution in [0.4, 0.5) is 0 Å². The Morgan fingerprint density at radius 1 is 1.03 bits per heavy atom. The van der Waals surface area contributed by atoms with Crippen molar-refractivity contribution in [1.29, 1.82) is 0 Å². The summed E-state index contributed by atoms with van der Waals surface area (Å²) in [6.07, 6.45) is 3.26. The maximum Gasteiger partial charge on any atom is 0.258 e. The van der Waals surface area contributed by atoms with Gasteiger partial charge in [0, 0.05) is 36.2 Å². The smallest absolute Gasteiger partial charge is 0.258 e. The topological polar surface area (TPSA) is 56.6 Å². The first kappa shape index (κ1) is 22.8. The molecule has 3 aromatic rings. The lowest BCUT2D eigenvalue weighted by molar-refractivity contribution is 0.145. The van der Waals surface area contributed by atoms with Gasteiger partial charge in [-0.3, -0.25) is 19.2 Å². The fourth-order valence-corrected chi connectivity index (χ4v) is 3.07. The highest BCUT2D eigenvalue weighted by Crippen LogP contribution is 2.17. The summed E-state index contributed by atoms with van der Waals surface area (Å²) in [5.41, 5.74) is 1.32. The third kappa shape index (κ3) is 6.32. The first-order valence-corrected chi connectivity index (χ1v) is 10.6. The van der Waals surface area contributed by atoms with Crippen molar-refractivity contribution in [3.63, 3.8) is 0 Å². The van der Waals surface area contributed by atoms with Gasteiger partial charge in [0.1, 0.15) is 24.7 Å². The maximum atomic E-state index is 12.5. The Hall–Kier alpha value is -2.83. The minimum absolute atomic E-state index is 0.178. The molecule has 0 amide bonds. The number of aromatic nitrogens is 2. The number of halogens is 1. The van der Waals surface area contributed by atoms with Gasteiger partial charge in [0.25, 0.3) is 5.56 Å². The van der Waals surface area contributed by atoms with Gasteiger partial charge in [-0.15, -0.1) is 0 Å². The molecule has 0 spiro atoms. The molecule has 1 atom stereocenters. The van der Waals surface area contributed by atoms with E-state index in [-0.39, 0.29) is 12.2 Å². The molecule has 31 heavy (non-hydrogen) atoms. The van der Waals surface area contributed by atoms with Crippen molar-refractivity contribution in [2.75, 3.05) is 13.7 Å². The zero-order chi connectivity index (χ0) is 22.4. The summed E-state index contributed by atoms with van der Waals surface area (Å²) in [5.74, 6) is 1.26. The number of hydrogen-bond donors (Lipinski definition) is 0. The molecule has 0 fully saturated rings. The molecule has 0 aliphatic heterocycles. The predicted molar refractivity (Wildman–Crippen MR) is 123 cm³/mol. The van der Waals surface area contributed by atoms with Crippen LogP contribution in [-0.4, -0.2) is 40.2 Å². The quantitative estimate of drug-likeness (QED) is 0.486. The Morgan fingerprint density at radius 2 is 1.77 bits per heavy atom. The van der Waals surface area contributed by atoms with Gasteiger partial charge in [-0.2, -0.15) is 0 Å². The number of rotatable bonds is 9. The number of benzene rings is 1. The lowest BCUT2D eigenvalue weighted by atomic mass is 10.2. The number of pyridine rings is 2. The van der Waals surface area contributed by atoms with E-state index in [9.17, 15) is 4.79 Å². The molecule has 6 nitrogen and oxygen atoms in total. The first-order chi connectivity index (χ1) is 14.8. The molecule has 0 unspecified atom stereocenters. The Labute approximate surface area is 188 Å². The van der Waals surface area contributed by atoms with Gasteiger partial charge in [0.05, 0.1) is 10.7 Å². The highest BCUT2D eigenvalue weighted by molar-refractivity contribution is 6.30. The largest absolute Gasteiger partial charge is 0.492 e. The Kier molecular flexibility index (Phi) is 7.71. The molecule has 2 heterocycles. The van der Waals surface area contributed by atoms with Crippen molar-refractivity contribution >= 4 is 11.6 Å². The van der Waals surface area contributed by atoms with Crippen molar-refractivity contribution < 1.29 is 9.47 Å². The highest BCUT2D eigenvalue weighted by atomic mass is 35.5. The number of hydrogen-bond acceptors (Lipinski definition) is 5. The molecule has 0 saturated heterocycles. The Balaban J connectivity index is 1.60. The van der Waals surface area contributed by atoms with Gasteiger partial charge < -0.3 is 9.47 Å². The molecular weight excluding hydrogens is 414 g/mol. The number of likely N-dealkylation sites (N-methyl/N-ethyl adjacent to an activating group) is 1. The predicted octanol–water partition coefficient (Wildman–Crippen LogP) is 4.57. The van der Waals surface area contributed by atoms with E-state index >= 15 is 0 Å². The van der Waals surface area contributed by atoms with Crippen LogP contribution in [0.25, 0.3) is 5.69 Å². The lowest BCUT2D eigenvalue weighted by Crippen LogP contribution is -2.38. The Morgan fingerprint density at radius 3 is 2.39 bits per heavy atom. The van der Waals surface area contributed by atoms with E-state index in [0.29, 0.717) is 29.5 Å². The molecule has 0 bridgehead atoms. The molecule has 0 aliphatic rings. The molecular formula is C24H28ClN3O3. The van der Waals surface area contributed by atoms with Crippen LogP contribution in [0.3, 0.4) is 0 Å². The second-order valence-electron chi connectivity index (χ2n) is 7.74. The van der Waals surface area contributed by atoms with E-state index in [0.717, 1.165) is 17.1 Å². The highest BCUT2D eigenvalue weighted by Gasteiger charge is 2.13. The van der Waals surface area contributed by atoms with Crippen LogP contribution in [0.2, 0.25) is 5.02 Å². The van der Waals surface area contributed by atoms with Gasteiger partial charge >= 0.3 is 0 Å². The average molecular weight is 442 g/mol. The second kappa shape index (κ2) is 10.5. The molecule has 164 valence electrons. The molecule has 3 rings (SSSR count). The van der Waals surface area contributed by atoms with E-state index in [2.05, 4.69) is 37.7 Å². The summed E-state index contributed by atoms with van der Waals surface area (Å²) in [5, 5.41) is 0.570. The van der Waals surface area contributed by atoms with E-state index < -0.39 is 0 Å². The van der Waals surface area contributed by atoms with Crippen LogP contribution in [0, 0.1) is 0 Å². The van der Waals surface area contributed by atoms with E-state index in [1.54, 1.807) is 35.2 Å². The third-order valence-corrected chi connectivity index (χ3v) is 5.41.